The van der Waals surface area contributed by atoms with Crippen molar-refractivity contribution in [2.45, 2.75) is 64.8 Å². The van der Waals surface area contributed by atoms with E-state index in [4.69, 9.17) is 18.9 Å². The lowest BCUT2D eigenvalue weighted by atomic mass is 10.0. The summed E-state index contributed by atoms with van der Waals surface area (Å²) in [6.07, 6.45) is 1.24. The van der Waals surface area contributed by atoms with Gasteiger partial charge in [0.15, 0.2) is 11.5 Å². The molecule has 1 amide bonds. The fraction of sp³-hybridized carbons (Fsp3) is 0.650. The van der Waals surface area contributed by atoms with Crippen molar-refractivity contribution in [2.24, 2.45) is 0 Å². The van der Waals surface area contributed by atoms with E-state index in [1.54, 1.807) is 19.1 Å². The van der Waals surface area contributed by atoms with Gasteiger partial charge in [-0.15, -0.1) is 0 Å². The molecule has 1 atom stereocenters. The minimum absolute atomic E-state index is 0.0343. The summed E-state index contributed by atoms with van der Waals surface area (Å²) in [5, 5.41) is 0. The second-order valence-corrected chi connectivity index (χ2v) is 7.99. The minimum atomic E-state index is -0.676. The number of benzene rings is 1. The zero-order valence-corrected chi connectivity index (χ0v) is 16.9. The standard InChI is InChI=1S/C20H31NO5/c1-19(2,3)26-18(22)21-15(13-25-20(21,4)5)10-8-14-9-11-16(23-6)17(12-14)24-7/h9,11-12,15H,8,10,13H2,1-7H3/t15-/m1/s1. The van der Waals surface area contributed by atoms with Crippen LogP contribution in [-0.4, -0.2) is 49.2 Å². The molecule has 26 heavy (non-hydrogen) atoms. The van der Waals surface area contributed by atoms with Crippen molar-refractivity contribution in [1.82, 2.24) is 4.90 Å². The van der Waals surface area contributed by atoms with Gasteiger partial charge < -0.3 is 18.9 Å². The van der Waals surface area contributed by atoms with E-state index in [-0.39, 0.29) is 12.1 Å². The summed E-state index contributed by atoms with van der Waals surface area (Å²) in [6, 6.07) is 5.85. The highest BCUT2D eigenvalue weighted by Crippen LogP contribution is 2.33. The molecule has 1 heterocycles. The van der Waals surface area contributed by atoms with Crippen LogP contribution in [-0.2, 0) is 15.9 Å². The number of amides is 1. The number of methoxy groups -OCH3 is 2. The van der Waals surface area contributed by atoms with Crippen LogP contribution in [0.5, 0.6) is 11.5 Å². The Morgan fingerprint density at radius 2 is 1.88 bits per heavy atom. The zero-order chi connectivity index (χ0) is 19.5. The maximum Gasteiger partial charge on any atom is 0.412 e. The quantitative estimate of drug-likeness (QED) is 0.789. The zero-order valence-electron chi connectivity index (χ0n) is 16.9. The Hall–Kier alpha value is -1.95. The lowest BCUT2D eigenvalue weighted by Crippen LogP contribution is -2.49. The average molecular weight is 365 g/mol. The second-order valence-electron chi connectivity index (χ2n) is 7.99. The number of hydrogen-bond acceptors (Lipinski definition) is 5. The van der Waals surface area contributed by atoms with Crippen molar-refractivity contribution >= 4 is 6.09 Å². The van der Waals surface area contributed by atoms with Gasteiger partial charge in [0, 0.05) is 0 Å². The van der Waals surface area contributed by atoms with Gasteiger partial charge in [0.2, 0.25) is 0 Å². The maximum atomic E-state index is 12.7. The Labute approximate surface area is 156 Å². The van der Waals surface area contributed by atoms with Crippen molar-refractivity contribution in [2.75, 3.05) is 20.8 Å². The fourth-order valence-electron chi connectivity index (χ4n) is 3.15. The molecule has 1 saturated heterocycles. The summed E-state index contributed by atoms with van der Waals surface area (Å²) in [6.45, 7) is 9.90. The lowest BCUT2D eigenvalue weighted by molar-refractivity contribution is -0.0626. The molecule has 1 fully saturated rings. The molecule has 1 aliphatic rings. The van der Waals surface area contributed by atoms with E-state index in [2.05, 4.69) is 0 Å². The van der Waals surface area contributed by atoms with Crippen LogP contribution in [0.25, 0.3) is 0 Å². The molecule has 0 aliphatic carbocycles. The van der Waals surface area contributed by atoms with Crippen LogP contribution >= 0.6 is 0 Å². The lowest BCUT2D eigenvalue weighted by Gasteiger charge is -2.35. The number of nitrogens with zero attached hydrogens (tertiary/aromatic N) is 1. The molecule has 1 aromatic rings. The Bertz CT molecular complexity index is 636. The molecule has 6 heteroatoms. The van der Waals surface area contributed by atoms with Crippen molar-refractivity contribution < 1.29 is 23.7 Å². The first-order valence-electron chi connectivity index (χ1n) is 8.94. The van der Waals surface area contributed by atoms with Gasteiger partial charge in [-0.3, -0.25) is 4.90 Å². The van der Waals surface area contributed by atoms with E-state index in [0.717, 1.165) is 18.4 Å². The Balaban J connectivity index is 2.09. The Morgan fingerprint density at radius 1 is 1.23 bits per heavy atom. The van der Waals surface area contributed by atoms with Gasteiger partial charge in [0.1, 0.15) is 11.3 Å². The molecule has 6 nitrogen and oxygen atoms in total. The predicted molar refractivity (Wildman–Crippen MR) is 99.8 cm³/mol. The van der Waals surface area contributed by atoms with Crippen LogP contribution in [0.1, 0.15) is 46.6 Å². The molecular weight excluding hydrogens is 334 g/mol. The van der Waals surface area contributed by atoms with E-state index in [1.807, 2.05) is 52.8 Å². The van der Waals surface area contributed by atoms with Gasteiger partial charge >= 0.3 is 6.09 Å². The van der Waals surface area contributed by atoms with E-state index in [1.165, 1.54) is 0 Å². The Kier molecular flexibility index (Phi) is 6.06. The molecule has 1 aromatic carbocycles. The predicted octanol–water partition coefficient (Wildman–Crippen LogP) is 4.01. The second kappa shape index (κ2) is 7.74. The van der Waals surface area contributed by atoms with Crippen LogP contribution < -0.4 is 9.47 Å². The summed E-state index contributed by atoms with van der Waals surface area (Å²) in [4.78, 5) is 14.4. The average Bonchev–Trinajstić information content (AvgIpc) is 2.85. The third kappa shape index (κ3) is 4.81. The largest absolute Gasteiger partial charge is 0.493 e. The molecular formula is C20H31NO5. The molecule has 2 rings (SSSR count). The minimum Gasteiger partial charge on any atom is -0.493 e. The van der Waals surface area contributed by atoms with E-state index < -0.39 is 11.3 Å². The highest BCUT2D eigenvalue weighted by Gasteiger charge is 2.45. The topological polar surface area (TPSA) is 57.2 Å². The number of rotatable bonds is 5. The van der Waals surface area contributed by atoms with E-state index >= 15 is 0 Å². The first-order chi connectivity index (χ1) is 12.1. The van der Waals surface area contributed by atoms with Crippen LogP contribution in [0, 0.1) is 0 Å². The van der Waals surface area contributed by atoms with E-state index in [0.29, 0.717) is 18.1 Å². The fourth-order valence-corrected chi connectivity index (χ4v) is 3.15. The van der Waals surface area contributed by atoms with Crippen LogP contribution in [0.3, 0.4) is 0 Å². The SMILES string of the molecule is COc1ccc(CC[C@@H]2COC(C)(C)N2C(=O)OC(C)(C)C)cc1OC. The smallest absolute Gasteiger partial charge is 0.412 e. The van der Waals surface area contributed by atoms with Gasteiger partial charge in [0.05, 0.1) is 26.9 Å². The molecule has 0 bridgehead atoms. The molecule has 0 unspecified atom stereocenters. The van der Waals surface area contributed by atoms with Gasteiger partial charge in [-0.2, -0.15) is 0 Å². The highest BCUT2D eigenvalue weighted by molar-refractivity contribution is 5.69. The number of ether oxygens (including phenoxy) is 4. The number of carbonyl (C=O) groups excluding carboxylic acids is 1. The van der Waals surface area contributed by atoms with Gasteiger partial charge in [0.25, 0.3) is 0 Å². The first-order valence-corrected chi connectivity index (χ1v) is 8.94. The van der Waals surface area contributed by atoms with Crippen LogP contribution in [0.4, 0.5) is 4.79 Å². The summed E-state index contributed by atoms with van der Waals surface area (Å²) >= 11 is 0. The molecule has 0 saturated carbocycles. The molecule has 146 valence electrons. The molecule has 0 aromatic heterocycles. The van der Waals surface area contributed by atoms with Gasteiger partial charge in [-0.05, 0) is 65.2 Å². The first kappa shape index (κ1) is 20.4. The third-order valence-corrected chi connectivity index (χ3v) is 4.38. The maximum absolute atomic E-state index is 12.7. The summed E-state index contributed by atoms with van der Waals surface area (Å²) < 4.78 is 22.1. The summed E-state index contributed by atoms with van der Waals surface area (Å²) in [7, 11) is 3.24. The Morgan fingerprint density at radius 3 is 2.46 bits per heavy atom. The van der Waals surface area contributed by atoms with Crippen molar-refractivity contribution in [3.63, 3.8) is 0 Å². The summed E-state index contributed by atoms with van der Waals surface area (Å²) in [5.74, 6) is 1.41. The highest BCUT2D eigenvalue weighted by atomic mass is 16.6. The normalized spacial score (nSPS) is 19.3. The van der Waals surface area contributed by atoms with Gasteiger partial charge in [-0.1, -0.05) is 6.07 Å². The number of hydrogen-bond donors (Lipinski definition) is 0. The van der Waals surface area contributed by atoms with Crippen molar-refractivity contribution in [3.05, 3.63) is 23.8 Å². The number of aryl methyl sites for hydroxylation is 1. The third-order valence-electron chi connectivity index (χ3n) is 4.38. The molecule has 0 N–H and O–H groups in total. The van der Waals surface area contributed by atoms with Crippen molar-refractivity contribution in [1.29, 1.82) is 0 Å². The van der Waals surface area contributed by atoms with Gasteiger partial charge in [-0.25, -0.2) is 4.79 Å². The van der Waals surface area contributed by atoms with Crippen LogP contribution in [0.2, 0.25) is 0 Å². The van der Waals surface area contributed by atoms with Crippen LogP contribution in [0.15, 0.2) is 18.2 Å². The van der Waals surface area contributed by atoms with E-state index in [9.17, 15) is 4.79 Å². The molecule has 0 spiro atoms. The monoisotopic (exact) mass is 365 g/mol. The molecule has 1 aliphatic heterocycles. The summed E-state index contributed by atoms with van der Waals surface area (Å²) in [5.41, 5.74) is -0.0923. The number of carbonyl (C=O) groups is 1. The van der Waals surface area contributed by atoms with Crippen molar-refractivity contribution in [3.8, 4) is 11.5 Å². The molecule has 0 radical (unpaired) electrons.